The van der Waals surface area contributed by atoms with E-state index in [9.17, 15) is 0 Å². The monoisotopic (exact) mass is 261 g/mol. The quantitative estimate of drug-likeness (QED) is 0.902. The summed E-state index contributed by atoms with van der Waals surface area (Å²) in [6.07, 6.45) is 8.24. The van der Waals surface area contributed by atoms with Crippen LogP contribution in [0.2, 0.25) is 0 Å². The van der Waals surface area contributed by atoms with Gasteiger partial charge in [-0.15, -0.1) is 0 Å². The Morgan fingerprint density at radius 2 is 2.21 bits per heavy atom. The second-order valence-corrected chi connectivity index (χ2v) is 5.99. The Morgan fingerprint density at radius 3 is 2.79 bits per heavy atom. The standard InChI is InChI=1S/C16H27N3/c1-4-15(17)16-9-8-14(11-18-16)19(3)13-7-5-6-12(2)10-13/h8-9,11-13,15H,4-7,10,17H2,1-3H3/t12?,13?,15-/m1/s1. The van der Waals surface area contributed by atoms with E-state index in [1.165, 1.54) is 31.4 Å². The highest BCUT2D eigenvalue weighted by molar-refractivity contribution is 5.45. The Balaban J connectivity index is 2.04. The molecule has 2 N–H and O–H groups in total. The average Bonchev–Trinajstić information content (AvgIpc) is 2.46. The third-order valence-corrected chi connectivity index (χ3v) is 4.45. The minimum atomic E-state index is 0.0639. The summed E-state index contributed by atoms with van der Waals surface area (Å²) in [6, 6.07) is 4.97. The topological polar surface area (TPSA) is 42.1 Å². The van der Waals surface area contributed by atoms with Crippen molar-refractivity contribution in [1.29, 1.82) is 0 Å². The molecule has 2 rings (SSSR count). The van der Waals surface area contributed by atoms with Gasteiger partial charge in [-0.25, -0.2) is 0 Å². The first-order chi connectivity index (χ1) is 9.11. The molecule has 0 spiro atoms. The van der Waals surface area contributed by atoms with E-state index in [4.69, 9.17) is 5.73 Å². The van der Waals surface area contributed by atoms with Crippen molar-refractivity contribution in [2.75, 3.05) is 11.9 Å². The van der Waals surface area contributed by atoms with Crippen molar-refractivity contribution < 1.29 is 0 Å². The van der Waals surface area contributed by atoms with Gasteiger partial charge in [0.1, 0.15) is 0 Å². The highest BCUT2D eigenvalue weighted by atomic mass is 15.1. The second-order valence-electron chi connectivity index (χ2n) is 5.99. The number of hydrogen-bond donors (Lipinski definition) is 1. The molecule has 1 aliphatic carbocycles. The molecule has 1 aromatic rings. The predicted octanol–water partition coefficient (Wildman–Crippen LogP) is 3.51. The van der Waals surface area contributed by atoms with Crippen molar-refractivity contribution in [3.63, 3.8) is 0 Å². The van der Waals surface area contributed by atoms with Crippen LogP contribution in [0.3, 0.4) is 0 Å². The van der Waals surface area contributed by atoms with Crippen molar-refractivity contribution in [2.45, 2.75) is 58.0 Å². The summed E-state index contributed by atoms with van der Waals surface area (Å²) in [7, 11) is 2.19. The highest BCUT2D eigenvalue weighted by Crippen LogP contribution is 2.29. The lowest BCUT2D eigenvalue weighted by Gasteiger charge is -2.35. The van der Waals surface area contributed by atoms with Gasteiger partial charge in [-0.1, -0.05) is 26.7 Å². The number of anilines is 1. The minimum absolute atomic E-state index is 0.0639. The third kappa shape index (κ3) is 3.47. The van der Waals surface area contributed by atoms with Crippen LogP contribution in [-0.2, 0) is 0 Å². The van der Waals surface area contributed by atoms with E-state index >= 15 is 0 Å². The Hall–Kier alpha value is -1.09. The zero-order valence-electron chi connectivity index (χ0n) is 12.5. The molecule has 2 unspecified atom stereocenters. The Bertz CT molecular complexity index is 387. The summed E-state index contributed by atoms with van der Waals surface area (Å²) in [4.78, 5) is 6.91. The first-order valence-corrected chi connectivity index (χ1v) is 7.56. The minimum Gasteiger partial charge on any atom is -0.370 e. The fraction of sp³-hybridized carbons (Fsp3) is 0.688. The van der Waals surface area contributed by atoms with Gasteiger partial charge in [0.2, 0.25) is 0 Å². The van der Waals surface area contributed by atoms with E-state index in [0.29, 0.717) is 6.04 Å². The normalized spacial score (nSPS) is 25.1. The van der Waals surface area contributed by atoms with Gasteiger partial charge in [0.25, 0.3) is 0 Å². The zero-order valence-corrected chi connectivity index (χ0v) is 12.5. The fourth-order valence-corrected chi connectivity index (χ4v) is 3.00. The van der Waals surface area contributed by atoms with Gasteiger partial charge in [-0.2, -0.15) is 0 Å². The molecule has 19 heavy (non-hydrogen) atoms. The summed E-state index contributed by atoms with van der Waals surface area (Å²) >= 11 is 0. The highest BCUT2D eigenvalue weighted by Gasteiger charge is 2.22. The fourth-order valence-electron chi connectivity index (χ4n) is 3.00. The lowest BCUT2D eigenvalue weighted by Crippen LogP contribution is -2.35. The van der Waals surface area contributed by atoms with Crippen LogP contribution in [0.25, 0.3) is 0 Å². The van der Waals surface area contributed by atoms with E-state index < -0.39 is 0 Å². The lowest BCUT2D eigenvalue weighted by molar-refractivity contribution is 0.336. The summed E-state index contributed by atoms with van der Waals surface area (Å²) in [5.74, 6) is 0.849. The molecule has 1 saturated carbocycles. The molecule has 0 radical (unpaired) electrons. The molecule has 3 atom stereocenters. The molecule has 0 saturated heterocycles. The molecule has 3 nitrogen and oxygen atoms in total. The molecule has 0 aromatic carbocycles. The van der Waals surface area contributed by atoms with Crippen molar-refractivity contribution in [3.05, 3.63) is 24.0 Å². The van der Waals surface area contributed by atoms with Gasteiger partial charge >= 0.3 is 0 Å². The molecule has 1 fully saturated rings. The third-order valence-electron chi connectivity index (χ3n) is 4.45. The molecule has 1 aliphatic rings. The van der Waals surface area contributed by atoms with Gasteiger partial charge < -0.3 is 10.6 Å². The molecule has 0 amide bonds. The number of nitrogens with zero attached hydrogens (tertiary/aromatic N) is 2. The molecule has 3 heteroatoms. The van der Waals surface area contributed by atoms with Crippen LogP contribution >= 0.6 is 0 Å². The van der Waals surface area contributed by atoms with Gasteiger partial charge in [0.05, 0.1) is 17.6 Å². The summed E-state index contributed by atoms with van der Waals surface area (Å²) < 4.78 is 0. The maximum Gasteiger partial charge on any atom is 0.0572 e. The zero-order chi connectivity index (χ0) is 13.8. The van der Waals surface area contributed by atoms with Crippen LogP contribution in [0.15, 0.2) is 18.3 Å². The molecular formula is C16H27N3. The average molecular weight is 261 g/mol. The van der Waals surface area contributed by atoms with Crippen molar-refractivity contribution >= 4 is 5.69 Å². The van der Waals surface area contributed by atoms with Crippen LogP contribution in [-0.4, -0.2) is 18.1 Å². The van der Waals surface area contributed by atoms with Gasteiger partial charge in [-0.05, 0) is 37.3 Å². The van der Waals surface area contributed by atoms with E-state index in [0.717, 1.165) is 18.0 Å². The van der Waals surface area contributed by atoms with Crippen LogP contribution in [0.1, 0.15) is 57.7 Å². The number of aromatic nitrogens is 1. The van der Waals surface area contributed by atoms with Crippen molar-refractivity contribution in [2.24, 2.45) is 11.7 Å². The summed E-state index contributed by atoms with van der Waals surface area (Å²) in [6.45, 7) is 4.46. The smallest absolute Gasteiger partial charge is 0.0572 e. The molecule has 0 aliphatic heterocycles. The van der Waals surface area contributed by atoms with E-state index in [2.05, 4.69) is 42.9 Å². The van der Waals surface area contributed by atoms with Crippen LogP contribution in [0, 0.1) is 5.92 Å². The van der Waals surface area contributed by atoms with Gasteiger partial charge in [0, 0.05) is 19.1 Å². The Labute approximate surface area is 117 Å². The molecular weight excluding hydrogens is 234 g/mol. The predicted molar refractivity (Wildman–Crippen MR) is 81.3 cm³/mol. The lowest BCUT2D eigenvalue weighted by atomic mass is 9.86. The van der Waals surface area contributed by atoms with E-state index in [1.54, 1.807) is 0 Å². The second kappa shape index (κ2) is 6.38. The largest absolute Gasteiger partial charge is 0.370 e. The summed E-state index contributed by atoms with van der Waals surface area (Å²) in [5.41, 5.74) is 8.22. The van der Waals surface area contributed by atoms with E-state index in [1.807, 2.05) is 6.20 Å². The van der Waals surface area contributed by atoms with Crippen LogP contribution in [0.5, 0.6) is 0 Å². The van der Waals surface area contributed by atoms with Gasteiger partial charge in [0.15, 0.2) is 0 Å². The SMILES string of the molecule is CC[C@@H](N)c1ccc(N(C)C2CCCC(C)C2)cn1. The molecule has 106 valence electrons. The van der Waals surface area contributed by atoms with Gasteiger partial charge in [-0.3, -0.25) is 4.98 Å². The maximum absolute atomic E-state index is 6.01. The number of rotatable bonds is 4. The first kappa shape index (κ1) is 14.3. The number of nitrogens with two attached hydrogens (primary N) is 1. The molecule has 1 aromatic heterocycles. The molecule has 1 heterocycles. The first-order valence-electron chi connectivity index (χ1n) is 7.56. The number of hydrogen-bond acceptors (Lipinski definition) is 3. The van der Waals surface area contributed by atoms with E-state index in [-0.39, 0.29) is 6.04 Å². The van der Waals surface area contributed by atoms with Crippen molar-refractivity contribution in [3.8, 4) is 0 Å². The van der Waals surface area contributed by atoms with Crippen LogP contribution in [0.4, 0.5) is 5.69 Å². The Morgan fingerprint density at radius 1 is 1.42 bits per heavy atom. The Kier molecular flexibility index (Phi) is 4.81. The number of pyridine rings is 1. The molecule has 0 bridgehead atoms. The van der Waals surface area contributed by atoms with Crippen molar-refractivity contribution in [1.82, 2.24) is 4.98 Å². The van der Waals surface area contributed by atoms with Crippen LogP contribution < -0.4 is 10.6 Å². The summed E-state index contributed by atoms with van der Waals surface area (Å²) in [5, 5.41) is 0. The maximum atomic E-state index is 6.01.